The highest BCUT2D eigenvalue weighted by Gasteiger charge is 2.18. The van der Waals surface area contributed by atoms with Crippen molar-refractivity contribution >= 4 is 17.6 Å². The second-order valence-corrected chi connectivity index (χ2v) is 5.27. The fraction of sp³-hybridized carbons (Fsp3) is 0.333. The van der Waals surface area contributed by atoms with Gasteiger partial charge in [0.1, 0.15) is 0 Å². The van der Waals surface area contributed by atoms with Gasteiger partial charge in [0.2, 0.25) is 0 Å². The van der Waals surface area contributed by atoms with Crippen LogP contribution in [0.25, 0.3) is 0 Å². The van der Waals surface area contributed by atoms with E-state index in [4.69, 9.17) is 20.9 Å². The Bertz CT molecular complexity index is 644. The maximum absolute atomic E-state index is 12.2. The van der Waals surface area contributed by atoms with Crippen molar-refractivity contribution in [3.63, 3.8) is 0 Å². The summed E-state index contributed by atoms with van der Waals surface area (Å²) in [5.74, 6) is 0.902. The SMILES string of the molecule is COc1cc(CNC(=O)N(C)C(C)c2cccc(Cl)c2)on1. The monoisotopic (exact) mass is 323 g/mol. The molecule has 0 radical (unpaired) electrons. The zero-order valence-electron chi connectivity index (χ0n) is 12.7. The van der Waals surface area contributed by atoms with Crippen LogP contribution in [0.5, 0.6) is 5.88 Å². The van der Waals surface area contributed by atoms with Gasteiger partial charge in [-0.15, -0.1) is 0 Å². The molecule has 2 amide bonds. The maximum Gasteiger partial charge on any atom is 0.318 e. The van der Waals surface area contributed by atoms with Crippen LogP contribution in [-0.4, -0.2) is 30.2 Å². The Morgan fingerprint density at radius 3 is 2.91 bits per heavy atom. The number of methoxy groups -OCH3 is 1. The second kappa shape index (κ2) is 7.17. The summed E-state index contributed by atoms with van der Waals surface area (Å²) in [6.07, 6.45) is 0. The first-order valence-electron chi connectivity index (χ1n) is 6.77. The third-order valence-electron chi connectivity index (χ3n) is 3.39. The largest absolute Gasteiger partial charge is 0.479 e. The average molecular weight is 324 g/mol. The molecule has 0 aliphatic rings. The number of urea groups is 1. The lowest BCUT2D eigenvalue weighted by Crippen LogP contribution is -2.38. The number of halogens is 1. The molecule has 0 aliphatic heterocycles. The topological polar surface area (TPSA) is 67.6 Å². The minimum Gasteiger partial charge on any atom is -0.479 e. The summed E-state index contributed by atoms with van der Waals surface area (Å²) in [6, 6.07) is 8.74. The molecule has 0 saturated heterocycles. The molecule has 0 saturated carbocycles. The zero-order valence-corrected chi connectivity index (χ0v) is 13.4. The number of nitrogens with zero attached hydrogens (tertiary/aromatic N) is 2. The average Bonchev–Trinajstić information content (AvgIpc) is 2.99. The standard InChI is InChI=1S/C15H18ClN3O3/c1-10(11-5-4-6-12(16)7-11)19(2)15(20)17-9-13-8-14(21-3)18-22-13/h4-8,10H,9H2,1-3H3,(H,17,20). The second-order valence-electron chi connectivity index (χ2n) is 4.84. The van der Waals surface area contributed by atoms with Gasteiger partial charge in [-0.2, -0.15) is 0 Å². The molecule has 1 heterocycles. The lowest BCUT2D eigenvalue weighted by atomic mass is 10.1. The molecule has 2 aromatic rings. The van der Waals surface area contributed by atoms with Crippen molar-refractivity contribution in [2.45, 2.75) is 19.5 Å². The first kappa shape index (κ1) is 16.2. The normalized spacial score (nSPS) is 11.8. The number of hydrogen-bond acceptors (Lipinski definition) is 4. The van der Waals surface area contributed by atoms with Gasteiger partial charge >= 0.3 is 6.03 Å². The van der Waals surface area contributed by atoms with Gasteiger partial charge < -0.3 is 19.5 Å². The van der Waals surface area contributed by atoms with Crippen LogP contribution in [0.4, 0.5) is 4.79 Å². The van der Waals surface area contributed by atoms with Crippen LogP contribution in [0.2, 0.25) is 5.02 Å². The summed E-state index contributed by atoms with van der Waals surface area (Å²) in [4.78, 5) is 13.8. The molecule has 1 aromatic carbocycles. The van der Waals surface area contributed by atoms with Crippen LogP contribution < -0.4 is 10.1 Å². The highest BCUT2D eigenvalue weighted by molar-refractivity contribution is 6.30. The molecule has 22 heavy (non-hydrogen) atoms. The summed E-state index contributed by atoms with van der Waals surface area (Å²) >= 11 is 5.98. The maximum atomic E-state index is 12.2. The minimum absolute atomic E-state index is 0.108. The van der Waals surface area contributed by atoms with E-state index in [1.807, 2.05) is 25.1 Å². The first-order valence-corrected chi connectivity index (χ1v) is 7.14. The van der Waals surface area contributed by atoms with Gasteiger partial charge in [-0.1, -0.05) is 23.7 Å². The summed E-state index contributed by atoms with van der Waals surface area (Å²) in [5.41, 5.74) is 0.964. The van der Waals surface area contributed by atoms with Crippen molar-refractivity contribution < 1.29 is 14.1 Å². The molecule has 0 aliphatic carbocycles. The number of amides is 2. The molecule has 1 aromatic heterocycles. The summed E-state index contributed by atoms with van der Waals surface area (Å²) in [5, 5.41) is 7.08. The molecular weight excluding hydrogens is 306 g/mol. The summed E-state index contributed by atoms with van der Waals surface area (Å²) in [7, 11) is 3.22. The van der Waals surface area contributed by atoms with Crippen molar-refractivity contribution in [1.82, 2.24) is 15.4 Å². The third kappa shape index (κ3) is 3.92. The van der Waals surface area contributed by atoms with Crippen LogP contribution in [0.3, 0.4) is 0 Å². The molecule has 0 bridgehead atoms. The Hall–Kier alpha value is -2.21. The highest BCUT2D eigenvalue weighted by Crippen LogP contribution is 2.22. The predicted octanol–water partition coefficient (Wildman–Crippen LogP) is 3.24. The fourth-order valence-corrected chi connectivity index (χ4v) is 2.13. The molecule has 1 N–H and O–H groups in total. The molecule has 1 unspecified atom stereocenters. The van der Waals surface area contributed by atoms with E-state index in [0.717, 1.165) is 5.56 Å². The van der Waals surface area contributed by atoms with E-state index in [9.17, 15) is 4.79 Å². The van der Waals surface area contributed by atoms with Crippen LogP contribution in [0, 0.1) is 0 Å². The highest BCUT2D eigenvalue weighted by atomic mass is 35.5. The Morgan fingerprint density at radius 2 is 2.27 bits per heavy atom. The molecule has 118 valence electrons. The van der Waals surface area contributed by atoms with E-state index in [2.05, 4.69) is 10.5 Å². The van der Waals surface area contributed by atoms with Gasteiger partial charge in [0, 0.05) is 18.1 Å². The minimum atomic E-state index is -0.220. The number of aromatic nitrogens is 1. The molecule has 0 fully saturated rings. The van der Waals surface area contributed by atoms with Gasteiger partial charge in [-0.05, 0) is 29.8 Å². The van der Waals surface area contributed by atoms with Crippen LogP contribution in [0.1, 0.15) is 24.3 Å². The third-order valence-corrected chi connectivity index (χ3v) is 3.63. The van der Waals surface area contributed by atoms with Gasteiger partial charge in [-0.25, -0.2) is 4.79 Å². The van der Waals surface area contributed by atoms with Gasteiger partial charge in [0.25, 0.3) is 5.88 Å². The molecular formula is C15H18ClN3O3. The van der Waals surface area contributed by atoms with Crippen molar-refractivity contribution in [2.24, 2.45) is 0 Å². The smallest absolute Gasteiger partial charge is 0.318 e. The predicted molar refractivity (Wildman–Crippen MR) is 82.9 cm³/mol. The molecule has 0 spiro atoms. The van der Waals surface area contributed by atoms with Gasteiger partial charge in [-0.3, -0.25) is 0 Å². The number of benzene rings is 1. The number of rotatable bonds is 5. The molecule has 6 nitrogen and oxygen atoms in total. The fourth-order valence-electron chi connectivity index (χ4n) is 1.93. The van der Waals surface area contributed by atoms with E-state index in [1.165, 1.54) is 7.11 Å². The van der Waals surface area contributed by atoms with Crippen molar-refractivity contribution in [3.05, 3.63) is 46.7 Å². The summed E-state index contributed by atoms with van der Waals surface area (Å²) in [6.45, 7) is 2.17. The number of carbonyl (C=O) groups excluding carboxylic acids is 1. The Morgan fingerprint density at radius 1 is 1.50 bits per heavy atom. The number of ether oxygens (including phenoxy) is 1. The lowest BCUT2D eigenvalue weighted by Gasteiger charge is -2.25. The van der Waals surface area contributed by atoms with Crippen LogP contribution >= 0.6 is 11.6 Å². The number of carbonyl (C=O) groups is 1. The quantitative estimate of drug-likeness (QED) is 0.917. The molecule has 2 rings (SSSR count). The van der Waals surface area contributed by atoms with Crippen molar-refractivity contribution in [3.8, 4) is 5.88 Å². The van der Waals surface area contributed by atoms with E-state index in [1.54, 1.807) is 24.1 Å². The zero-order chi connectivity index (χ0) is 16.1. The van der Waals surface area contributed by atoms with Gasteiger partial charge in [0.05, 0.1) is 19.7 Å². The molecule has 7 heteroatoms. The van der Waals surface area contributed by atoms with E-state index in [-0.39, 0.29) is 18.6 Å². The Balaban J connectivity index is 1.93. The molecule has 1 atom stereocenters. The van der Waals surface area contributed by atoms with Crippen molar-refractivity contribution in [2.75, 3.05) is 14.2 Å². The van der Waals surface area contributed by atoms with E-state index in [0.29, 0.717) is 16.7 Å². The number of hydrogen-bond donors (Lipinski definition) is 1. The lowest BCUT2D eigenvalue weighted by molar-refractivity contribution is 0.192. The van der Waals surface area contributed by atoms with Gasteiger partial charge in [0.15, 0.2) is 5.76 Å². The summed E-state index contributed by atoms with van der Waals surface area (Å²) < 4.78 is 9.94. The Kier molecular flexibility index (Phi) is 5.27. The van der Waals surface area contributed by atoms with E-state index < -0.39 is 0 Å². The van der Waals surface area contributed by atoms with Crippen molar-refractivity contribution in [1.29, 1.82) is 0 Å². The van der Waals surface area contributed by atoms with E-state index >= 15 is 0 Å². The van der Waals surface area contributed by atoms with Crippen LogP contribution in [0.15, 0.2) is 34.9 Å². The number of nitrogens with one attached hydrogen (secondary N) is 1. The Labute approximate surface area is 134 Å². The first-order chi connectivity index (χ1) is 10.5. The van der Waals surface area contributed by atoms with Crippen LogP contribution in [-0.2, 0) is 6.54 Å².